The number of alkyl halides is 2. The number of hydrogen-bond donors (Lipinski definition) is 2. The fourth-order valence-corrected chi connectivity index (χ4v) is 3.90. The highest BCUT2D eigenvalue weighted by Crippen LogP contribution is 2.34. The third-order valence-corrected chi connectivity index (χ3v) is 5.49. The molecule has 0 radical (unpaired) electrons. The molecule has 0 fully saturated rings. The molecule has 3 aromatic rings. The second-order valence-corrected chi connectivity index (χ2v) is 7.83. The Morgan fingerprint density at radius 3 is 2.58 bits per heavy atom. The lowest BCUT2D eigenvalue weighted by Gasteiger charge is -2.33. The van der Waals surface area contributed by atoms with Crippen molar-refractivity contribution in [2.24, 2.45) is 5.73 Å². The van der Waals surface area contributed by atoms with Crippen LogP contribution in [-0.2, 0) is 6.54 Å². The van der Waals surface area contributed by atoms with Gasteiger partial charge in [-0.3, -0.25) is 9.48 Å². The minimum atomic E-state index is -2.86. The molecule has 168 valence electrons. The molecule has 0 aliphatic carbocycles. The molecule has 33 heavy (non-hydrogen) atoms. The van der Waals surface area contributed by atoms with Crippen LogP contribution >= 0.6 is 11.6 Å². The molecule has 1 aliphatic heterocycles. The second kappa shape index (κ2) is 8.88. The van der Waals surface area contributed by atoms with E-state index < -0.39 is 24.4 Å². The van der Waals surface area contributed by atoms with E-state index in [1.54, 1.807) is 24.3 Å². The van der Waals surface area contributed by atoms with Gasteiger partial charge in [0.2, 0.25) is 0 Å². The van der Waals surface area contributed by atoms with Gasteiger partial charge in [-0.25, -0.2) is 13.6 Å². The quantitative estimate of drug-likeness (QED) is 0.598. The number of nitriles is 1. The standard InChI is InChI=1S/C22H17ClF2N6O2/c23-14-3-1-2-13(8-14)19-18(21(27)32)16-10-30(11-17(20(24)25)31(16)29-19)22(33)28-15-6-4-12(9-26)5-7-15/h1-8,17,20H,10-11H2,(H2,27,32)(H,28,33). The maximum absolute atomic E-state index is 14.0. The molecule has 0 saturated carbocycles. The van der Waals surface area contributed by atoms with Crippen molar-refractivity contribution in [3.8, 4) is 17.3 Å². The van der Waals surface area contributed by atoms with Crippen LogP contribution in [0.15, 0.2) is 48.5 Å². The number of carbonyl (C=O) groups excluding carboxylic acids is 2. The Bertz CT molecular complexity index is 1270. The highest BCUT2D eigenvalue weighted by atomic mass is 35.5. The summed E-state index contributed by atoms with van der Waals surface area (Å²) in [5.41, 5.74) is 7.04. The summed E-state index contributed by atoms with van der Waals surface area (Å²) in [6, 6.07) is 12.4. The molecule has 4 rings (SSSR count). The van der Waals surface area contributed by atoms with Crippen molar-refractivity contribution in [3.63, 3.8) is 0 Å². The minimum absolute atomic E-state index is 0.0428. The van der Waals surface area contributed by atoms with Crippen LogP contribution in [0.2, 0.25) is 5.02 Å². The molecule has 1 unspecified atom stereocenters. The van der Waals surface area contributed by atoms with E-state index in [0.717, 1.165) is 4.68 Å². The number of amides is 3. The molecule has 1 atom stereocenters. The second-order valence-electron chi connectivity index (χ2n) is 7.39. The van der Waals surface area contributed by atoms with Gasteiger partial charge in [-0.05, 0) is 36.4 Å². The number of rotatable bonds is 4. The van der Waals surface area contributed by atoms with Crippen molar-refractivity contribution in [1.29, 1.82) is 5.26 Å². The monoisotopic (exact) mass is 470 g/mol. The van der Waals surface area contributed by atoms with Crippen LogP contribution in [0.5, 0.6) is 0 Å². The first kappa shape index (κ1) is 22.2. The summed E-state index contributed by atoms with van der Waals surface area (Å²) < 4.78 is 29.0. The Hall–Kier alpha value is -3.97. The van der Waals surface area contributed by atoms with E-state index in [4.69, 9.17) is 22.6 Å². The fourth-order valence-electron chi connectivity index (χ4n) is 3.71. The lowest BCUT2D eigenvalue weighted by molar-refractivity contribution is 0.0444. The third-order valence-electron chi connectivity index (χ3n) is 5.26. The average Bonchev–Trinajstić information content (AvgIpc) is 3.18. The number of halogens is 3. The third kappa shape index (κ3) is 4.36. The van der Waals surface area contributed by atoms with Crippen LogP contribution in [0.1, 0.15) is 27.7 Å². The van der Waals surface area contributed by atoms with Crippen LogP contribution in [-0.4, -0.2) is 39.6 Å². The number of nitrogens with zero attached hydrogens (tertiary/aromatic N) is 4. The van der Waals surface area contributed by atoms with Gasteiger partial charge < -0.3 is 16.0 Å². The Morgan fingerprint density at radius 2 is 1.97 bits per heavy atom. The number of fused-ring (bicyclic) bond motifs is 1. The lowest BCUT2D eigenvalue weighted by Crippen LogP contribution is -2.45. The van der Waals surface area contributed by atoms with Gasteiger partial charge in [0, 0.05) is 16.3 Å². The predicted molar refractivity (Wildman–Crippen MR) is 117 cm³/mol. The van der Waals surface area contributed by atoms with Crippen LogP contribution in [0.3, 0.4) is 0 Å². The largest absolute Gasteiger partial charge is 0.365 e. The van der Waals surface area contributed by atoms with Crippen molar-refractivity contribution >= 4 is 29.2 Å². The molecule has 0 bridgehead atoms. The topological polar surface area (TPSA) is 117 Å². The Balaban J connectivity index is 1.71. The van der Waals surface area contributed by atoms with Crippen molar-refractivity contribution in [3.05, 3.63) is 70.4 Å². The number of urea groups is 1. The van der Waals surface area contributed by atoms with E-state index in [1.165, 1.54) is 29.2 Å². The lowest BCUT2D eigenvalue weighted by atomic mass is 10.0. The minimum Gasteiger partial charge on any atom is -0.365 e. The van der Waals surface area contributed by atoms with E-state index in [0.29, 0.717) is 21.8 Å². The number of primary amides is 1. The molecular formula is C22H17ClF2N6O2. The molecule has 0 spiro atoms. The van der Waals surface area contributed by atoms with Crippen molar-refractivity contribution in [1.82, 2.24) is 14.7 Å². The maximum Gasteiger partial charge on any atom is 0.322 e. The van der Waals surface area contributed by atoms with E-state index in [2.05, 4.69) is 10.4 Å². The Kier molecular flexibility index (Phi) is 5.98. The highest BCUT2D eigenvalue weighted by molar-refractivity contribution is 6.30. The summed E-state index contributed by atoms with van der Waals surface area (Å²) >= 11 is 6.04. The van der Waals surface area contributed by atoms with Gasteiger partial charge in [-0.2, -0.15) is 10.4 Å². The zero-order valence-corrected chi connectivity index (χ0v) is 17.8. The van der Waals surface area contributed by atoms with E-state index in [-0.39, 0.29) is 30.0 Å². The number of hydrogen-bond acceptors (Lipinski definition) is 4. The van der Waals surface area contributed by atoms with Crippen LogP contribution in [0.4, 0.5) is 19.3 Å². The number of carbonyl (C=O) groups is 2. The van der Waals surface area contributed by atoms with Crippen LogP contribution in [0.25, 0.3) is 11.3 Å². The molecule has 8 nitrogen and oxygen atoms in total. The van der Waals surface area contributed by atoms with E-state index >= 15 is 0 Å². The number of aromatic nitrogens is 2. The summed E-state index contributed by atoms with van der Waals surface area (Å²) in [5, 5.41) is 16.2. The van der Waals surface area contributed by atoms with Gasteiger partial charge in [0.1, 0.15) is 11.7 Å². The van der Waals surface area contributed by atoms with Crippen molar-refractivity contribution in [2.75, 3.05) is 11.9 Å². The summed E-state index contributed by atoms with van der Waals surface area (Å²) in [6.45, 7) is -0.487. The van der Waals surface area contributed by atoms with Gasteiger partial charge in [-0.15, -0.1) is 0 Å². The fraction of sp³-hybridized carbons (Fsp3) is 0.182. The van der Waals surface area contributed by atoms with E-state index in [1.807, 2.05) is 6.07 Å². The first-order valence-corrected chi connectivity index (χ1v) is 10.2. The van der Waals surface area contributed by atoms with E-state index in [9.17, 15) is 18.4 Å². The summed E-state index contributed by atoms with van der Waals surface area (Å²) in [5.74, 6) is -0.853. The molecular weight excluding hydrogens is 454 g/mol. The molecule has 3 N–H and O–H groups in total. The maximum atomic E-state index is 14.0. The molecule has 3 amide bonds. The van der Waals surface area contributed by atoms with Crippen LogP contribution < -0.4 is 11.1 Å². The molecule has 11 heteroatoms. The first-order chi connectivity index (χ1) is 15.8. The average molecular weight is 471 g/mol. The van der Waals surface area contributed by atoms with Gasteiger partial charge in [0.05, 0.1) is 36.0 Å². The smallest absolute Gasteiger partial charge is 0.322 e. The van der Waals surface area contributed by atoms with Gasteiger partial charge >= 0.3 is 6.03 Å². The SMILES string of the molecule is N#Cc1ccc(NC(=O)N2Cc3c(C(N)=O)c(-c4cccc(Cl)c4)nn3C(C(F)F)C2)cc1. The zero-order chi connectivity index (χ0) is 23.7. The first-order valence-electron chi connectivity index (χ1n) is 9.80. The molecule has 0 saturated heterocycles. The summed E-state index contributed by atoms with van der Waals surface area (Å²) in [4.78, 5) is 26.3. The molecule has 2 heterocycles. The summed E-state index contributed by atoms with van der Waals surface area (Å²) in [6.07, 6.45) is -2.86. The number of anilines is 1. The Labute approximate surface area is 192 Å². The molecule has 1 aromatic heterocycles. The zero-order valence-electron chi connectivity index (χ0n) is 17.0. The number of benzene rings is 2. The van der Waals surface area contributed by atoms with Gasteiger partial charge in [-0.1, -0.05) is 23.7 Å². The highest BCUT2D eigenvalue weighted by Gasteiger charge is 2.38. The summed E-state index contributed by atoms with van der Waals surface area (Å²) in [7, 11) is 0. The van der Waals surface area contributed by atoms with Crippen molar-refractivity contribution < 1.29 is 18.4 Å². The van der Waals surface area contributed by atoms with Crippen molar-refractivity contribution in [2.45, 2.75) is 19.0 Å². The Morgan fingerprint density at radius 1 is 1.24 bits per heavy atom. The number of nitrogens with two attached hydrogens (primary N) is 1. The van der Waals surface area contributed by atoms with Crippen LogP contribution in [0, 0.1) is 11.3 Å². The van der Waals surface area contributed by atoms with Gasteiger partial charge in [0.25, 0.3) is 12.3 Å². The number of nitrogens with one attached hydrogen (secondary N) is 1. The molecule has 1 aliphatic rings. The predicted octanol–water partition coefficient (Wildman–Crippen LogP) is 4.03. The normalized spacial score (nSPS) is 15.1. The van der Waals surface area contributed by atoms with Gasteiger partial charge in [0.15, 0.2) is 0 Å². The molecule has 2 aromatic carbocycles.